The van der Waals surface area contributed by atoms with Gasteiger partial charge < -0.3 is 10.2 Å². The molecule has 5 heteroatoms. The SMILES string of the molecule is Cc1nc(Nc2cccc(C)c2C)cc(C(=O)N2CCCC(C)C2)n1. The fraction of sp³-hybridized carbons (Fsp3) is 0.450. The van der Waals surface area contributed by atoms with Crippen molar-refractivity contribution < 1.29 is 4.79 Å². The van der Waals surface area contributed by atoms with Crippen molar-refractivity contribution in [2.75, 3.05) is 18.4 Å². The Balaban J connectivity index is 1.85. The van der Waals surface area contributed by atoms with Gasteiger partial charge >= 0.3 is 0 Å². The van der Waals surface area contributed by atoms with Crippen molar-refractivity contribution in [1.29, 1.82) is 0 Å². The molecule has 25 heavy (non-hydrogen) atoms. The summed E-state index contributed by atoms with van der Waals surface area (Å²) in [5.41, 5.74) is 3.86. The number of carbonyl (C=O) groups is 1. The highest BCUT2D eigenvalue weighted by Crippen LogP contribution is 2.23. The average Bonchev–Trinajstić information content (AvgIpc) is 2.58. The zero-order valence-corrected chi connectivity index (χ0v) is 15.5. The minimum atomic E-state index is 0.000985. The van der Waals surface area contributed by atoms with Crippen LogP contribution in [0.5, 0.6) is 0 Å². The number of aromatic nitrogens is 2. The predicted molar refractivity (Wildman–Crippen MR) is 100 cm³/mol. The number of likely N-dealkylation sites (tertiary alicyclic amines) is 1. The third kappa shape index (κ3) is 3.98. The van der Waals surface area contributed by atoms with Crippen molar-refractivity contribution in [3.8, 4) is 0 Å². The fourth-order valence-corrected chi connectivity index (χ4v) is 3.30. The Morgan fingerprint density at radius 3 is 2.80 bits per heavy atom. The van der Waals surface area contributed by atoms with Crippen LogP contribution < -0.4 is 5.32 Å². The van der Waals surface area contributed by atoms with Crippen LogP contribution in [0, 0.1) is 26.7 Å². The lowest BCUT2D eigenvalue weighted by Crippen LogP contribution is -2.39. The van der Waals surface area contributed by atoms with Crippen LogP contribution in [0.2, 0.25) is 0 Å². The number of nitrogens with one attached hydrogen (secondary N) is 1. The fourth-order valence-electron chi connectivity index (χ4n) is 3.30. The van der Waals surface area contributed by atoms with E-state index in [4.69, 9.17) is 0 Å². The van der Waals surface area contributed by atoms with E-state index in [-0.39, 0.29) is 5.91 Å². The van der Waals surface area contributed by atoms with Crippen molar-refractivity contribution in [2.45, 2.75) is 40.5 Å². The van der Waals surface area contributed by atoms with Crippen LogP contribution in [0.3, 0.4) is 0 Å². The molecule has 0 radical (unpaired) electrons. The van der Waals surface area contributed by atoms with Crippen molar-refractivity contribution in [3.05, 3.63) is 46.9 Å². The van der Waals surface area contributed by atoms with E-state index in [2.05, 4.69) is 42.1 Å². The quantitative estimate of drug-likeness (QED) is 0.918. The Hall–Kier alpha value is -2.43. The summed E-state index contributed by atoms with van der Waals surface area (Å²) in [5.74, 6) is 1.81. The molecule has 1 saturated heterocycles. The number of aryl methyl sites for hydroxylation is 2. The first kappa shape index (κ1) is 17.4. The number of amides is 1. The van der Waals surface area contributed by atoms with Crippen molar-refractivity contribution in [2.24, 2.45) is 5.92 Å². The van der Waals surface area contributed by atoms with Gasteiger partial charge in [0.05, 0.1) is 0 Å². The maximum absolute atomic E-state index is 12.8. The number of anilines is 2. The Kier molecular flexibility index (Phi) is 5.02. The Labute approximate surface area is 149 Å². The van der Waals surface area contributed by atoms with Gasteiger partial charge in [0.2, 0.25) is 0 Å². The number of hydrogen-bond acceptors (Lipinski definition) is 4. The van der Waals surface area contributed by atoms with Crippen molar-refractivity contribution in [3.63, 3.8) is 0 Å². The Morgan fingerprint density at radius 2 is 2.04 bits per heavy atom. The summed E-state index contributed by atoms with van der Waals surface area (Å²) in [4.78, 5) is 23.6. The zero-order chi connectivity index (χ0) is 18.0. The normalized spacial score (nSPS) is 17.4. The van der Waals surface area contributed by atoms with E-state index in [0.717, 1.165) is 25.2 Å². The van der Waals surface area contributed by atoms with Crippen LogP contribution in [0.15, 0.2) is 24.3 Å². The van der Waals surface area contributed by atoms with E-state index in [9.17, 15) is 4.79 Å². The maximum atomic E-state index is 12.8. The van der Waals surface area contributed by atoms with Gasteiger partial charge in [-0.1, -0.05) is 19.1 Å². The van der Waals surface area contributed by atoms with Crippen LogP contribution in [0.4, 0.5) is 11.5 Å². The summed E-state index contributed by atoms with van der Waals surface area (Å²) in [6.07, 6.45) is 2.25. The molecule has 1 N–H and O–H groups in total. The van der Waals surface area contributed by atoms with Gasteiger partial charge in [0, 0.05) is 24.8 Å². The molecule has 0 spiro atoms. The molecule has 1 aromatic carbocycles. The number of rotatable bonds is 3. The molecule has 1 aromatic heterocycles. The molecule has 1 aliphatic rings. The Morgan fingerprint density at radius 1 is 1.24 bits per heavy atom. The molecule has 5 nitrogen and oxygen atoms in total. The molecular formula is C20H26N4O. The van der Waals surface area contributed by atoms with Gasteiger partial charge in [-0.2, -0.15) is 0 Å². The number of benzene rings is 1. The first-order valence-corrected chi connectivity index (χ1v) is 8.92. The van der Waals surface area contributed by atoms with E-state index in [0.29, 0.717) is 23.3 Å². The summed E-state index contributed by atoms with van der Waals surface area (Å²) in [6, 6.07) is 7.88. The van der Waals surface area contributed by atoms with Gasteiger partial charge in [0.25, 0.3) is 5.91 Å². The highest BCUT2D eigenvalue weighted by atomic mass is 16.2. The van der Waals surface area contributed by atoms with Crippen LogP contribution in [0.1, 0.15) is 47.2 Å². The number of piperidine rings is 1. The minimum Gasteiger partial charge on any atom is -0.340 e. The van der Waals surface area contributed by atoms with Gasteiger partial charge in [-0.05, 0) is 56.7 Å². The molecule has 1 unspecified atom stereocenters. The highest BCUT2D eigenvalue weighted by Gasteiger charge is 2.23. The highest BCUT2D eigenvalue weighted by molar-refractivity contribution is 5.93. The molecule has 0 aliphatic carbocycles. The van der Waals surface area contributed by atoms with E-state index in [1.165, 1.54) is 17.5 Å². The summed E-state index contributed by atoms with van der Waals surface area (Å²) in [6.45, 7) is 9.79. The molecule has 0 bridgehead atoms. The van der Waals surface area contributed by atoms with E-state index in [1.54, 1.807) is 6.07 Å². The number of carbonyl (C=O) groups excluding carboxylic acids is 1. The minimum absolute atomic E-state index is 0.000985. The molecule has 0 saturated carbocycles. The summed E-state index contributed by atoms with van der Waals surface area (Å²) in [5, 5.41) is 3.34. The van der Waals surface area contributed by atoms with E-state index < -0.39 is 0 Å². The molecule has 1 amide bonds. The topological polar surface area (TPSA) is 58.1 Å². The first-order chi connectivity index (χ1) is 11.9. The Bertz CT molecular complexity index is 787. The van der Waals surface area contributed by atoms with Gasteiger partial charge in [0.1, 0.15) is 17.3 Å². The standard InChI is InChI=1S/C20H26N4O/c1-13-7-6-10-24(12-13)20(25)18-11-19(22-16(4)21-18)23-17-9-5-8-14(2)15(17)3/h5,8-9,11,13H,6-7,10,12H2,1-4H3,(H,21,22,23). The van der Waals surface area contributed by atoms with Crippen LogP contribution >= 0.6 is 0 Å². The van der Waals surface area contributed by atoms with Gasteiger partial charge in [-0.25, -0.2) is 9.97 Å². The van der Waals surface area contributed by atoms with Gasteiger partial charge in [0.15, 0.2) is 0 Å². The van der Waals surface area contributed by atoms with Crippen molar-refractivity contribution >= 4 is 17.4 Å². The lowest BCUT2D eigenvalue weighted by molar-refractivity contribution is 0.0676. The van der Waals surface area contributed by atoms with Gasteiger partial charge in [-0.3, -0.25) is 4.79 Å². The van der Waals surface area contributed by atoms with E-state index in [1.807, 2.05) is 24.0 Å². The predicted octanol–water partition coefficient (Wildman–Crippen LogP) is 4.02. The summed E-state index contributed by atoms with van der Waals surface area (Å²) in [7, 11) is 0. The summed E-state index contributed by atoms with van der Waals surface area (Å²) < 4.78 is 0. The molecule has 1 atom stereocenters. The second-order valence-corrected chi connectivity index (χ2v) is 7.06. The lowest BCUT2D eigenvalue weighted by Gasteiger charge is -2.30. The third-order valence-corrected chi connectivity index (χ3v) is 4.87. The molecule has 2 heterocycles. The van der Waals surface area contributed by atoms with Crippen LogP contribution in [0.25, 0.3) is 0 Å². The zero-order valence-electron chi connectivity index (χ0n) is 15.5. The third-order valence-electron chi connectivity index (χ3n) is 4.87. The molecule has 132 valence electrons. The summed E-state index contributed by atoms with van der Waals surface area (Å²) >= 11 is 0. The first-order valence-electron chi connectivity index (χ1n) is 8.92. The van der Waals surface area contributed by atoms with Crippen LogP contribution in [-0.4, -0.2) is 33.9 Å². The second kappa shape index (κ2) is 7.21. The average molecular weight is 338 g/mol. The molecule has 1 aliphatic heterocycles. The number of hydrogen-bond donors (Lipinski definition) is 1. The lowest BCUT2D eigenvalue weighted by atomic mass is 10.00. The van der Waals surface area contributed by atoms with Crippen molar-refractivity contribution in [1.82, 2.24) is 14.9 Å². The monoisotopic (exact) mass is 338 g/mol. The second-order valence-electron chi connectivity index (χ2n) is 7.06. The number of nitrogens with zero attached hydrogens (tertiary/aromatic N) is 3. The smallest absolute Gasteiger partial charge is 0.272 e. The molecule has 3 rings (SSSR count). The molecular weight excluding hydrogens is 312 g/mol. The largest absolute Gasteiger partial charge is 0.340 e. The van der Waals surface area contributed by atoms with Crippen LogP contribution in [-0.2, 0) is 0 Å². The molecule has 2 aromatic rings. The maximum Gasteiger partial charge on any atom is 0.272 e. The van der Waals surface area contributed by atoms with Gasteiger partial charge in [-0.15, -0.1) is 0 Å². The van der Waals surface area contributed by atoms with E-state index >= 15 is 0 Å². The molecule has 1 fully saturated rings.